The van der Waals surface area contributed by atoms with Crippen molar-refractivity contribution >= 4 is 64.4 Å². The Hall–Kier alpha value is -4.54. The third kappa shape index (κ3) is 7.02. The number of halogens is 2. The lowest BCUT2D eigenvalue weighted by Gasteiger charge is -2.27. The number of urea groups is 1. The summed E-state index contributed by atoms with van der Waals surface area (Å²) in [4.78, 5) is 52.3. The van der Waals surface area contributed by atoms with Crippen LogP contribution in [0.5, 0.6) is 17.2 Å². The van der Waals surface area contributed by atoms with Gasteiger partial charge in [-0.25, -0.2) is 9.69 Å². The minimum Gasteiger partial charge on any atom is -0.493 e. The van der Waals surface area contributed by atoms with E-state index in [1.165, 1.54) is 43.5 Å². The van der Waals surface area contributed by atoms with E-state index < -0.39 is 23.8 Å². The van der Waals surface area contributed by atoms with Gasteiger partial charge in [0.05, 0.1) is 19.4 Å². The highest BCUT2D eigenvalue weighted by molar-refractivity contribution is 6.39. The molecule has 0 radical (unpaired) electrons. The van der Waals surface area contributed by atoms with Crippen LogP contribution in [0.15, 0.2) is 60.2 Å². The Kier molecular flexibility index (Phi) is 9.72. The van der Waals surface area contributed by atoms with Crippen LogP contribution in [-0.4, -0.2) is 44.1 Å². The number of nitrogens with one attached hydrogen (secondary N) is 2. The van der Waals surface area contributed by atoms with E-state index in [0.717, 1.165) is 16.9 Å². The van der Waals surface area contributed by atoms with Crippen LogP contribution >= 0.6 is 23.2 Å². The quantitative estimate of drug-likeness (QED) is 0.220. The molecule has 0 unspecified atom stereocenters. The minimum atomic E-state index is -0.929. The molecule has 0 aliphatic carbocycles. The van der Waals surface area contributed by atoms with Crippen molar-refractivity contribution in [3.05, 3.63) is 81.3 Å². The van der Waals surface area contributed by atoms with Crippen molar-refractivity contribution < 1.29 is 33.4 Å². The second-order valence-electron chi connectivity index (χ2n) is 9.12. The number of nitrogens with zero attached hydrogens (tertiary/aromatic N) is 1. The SMILES string of the molecule is CCCOc1ccc(N2C(=O)NC(=O)/C(=C/c3cc(Cl)ccc3OCC(=O)Nc3ccc(C)c(Cl)c3)C2=O)cc1OC. The summed E-state index contributed by atoms with van der Waals surface area (Å²) in [5.41, 5.74) is 1.40. The molecule has 42 heavy (non-hydrogen) atoms. The zero-order valence-corrected chi connectivity index (χ0v) is 24.5. The van der Waals surface area contributed by atoms with E-state index in [1.54, 1.807) is 24.3 Å². The average Bonchev–Trinajstić information content (AvgIpc) is 2.95. The number of carbonyl (C=O) groups excluding carboxylic acids is 4. The summed E-state index contributed by atoms with van der Waals surface area (Å²) in [6.07, 6.45) is 2.02. The number of rotatable bonds is 10. The number of benzene rings is 3. The molecule has 0 saturated carbocycles. The normalized spacial score (nSPS) is 14.1. The molecule has 2 N–H and O–H groups in total. The molecule has 12 heteroatoms. The maximum absolute atomic E-state index is 13.5. The number of hydrogen-bond acceptors (Lipinski definition) is 7. The van der Waals surface area contributed by atoms with Gasteiger partial charge in [-0.2, -0.15) is 0 Å². The molecule has 0 atom stereocenters. The van der Waals surface area contributed by atoms with Gasteiger partial charge in [0, 0.05) is 27.4 Å². The van der Waals surface area contributed by atoms with Crippen LogP contribution in [0.4, 0.5) is 16.2 Å². The Balaban J connectivity index is 1.58. The number of amides is 5. The van der Waals surface area contributed by atoms with Crippen LogP contribution in [0.2, 0.25) is 10.0 Å². The molecule has 10 nitrogen and oxygen atoms in total. The highest BCUT2D eigenvalue weighted by Crippen LogP contribution is 2.34. The van der Waals surface area contributed by atoms with Gasteiger partial charge in [-0.05, 0) is 67.4 Å². The van der Waals surface area contributed by atoms with E-state index >= 15 is 0 Å². The van der Waals surface area contributed by atoms with E-state index in [4.69, 9.17) is 37.4 Å². The summed E-state index contributed by atoms with van der Waals surface area (Å²) < 4.78 is 16.7. The zero-order valence-electron chi connectivity index (χ0n) is 23.0. The van der Waals surface area contributed by atoms with Gasteiger partial charge < -0.3 is 19.5 Å². The maximum Gasteiger partial charge on any atom is 0.335 e. The summed E-state index contributed by atoms with van der Waals surface area (Å²) in [7, 11) is 1.43. The van der Waals surface area contributed by atoms with Crippen LogP contribution < -0.4 is 29.7 Å². The van der Waals surface area contributed by atoms with Crippen LogP contribution in [0, 0.1) is 6.92 Å². The highest BCUT2D eigenvalue weighted by Gasteiger charge is 2.37. The summed E-state index contributed by atoms with van der Waals surface area (Å²) >= 11 is 12.3. The number of anilines is 2. The number of methoxy groups -OCH3 is 1. The summed E-state index contributed by atoms with van der Waals surface area (Å²) in [6, 6.07) is 13.2. The summed E-state index contributed by atoms with van der Waals surface area (Å²) in [6.45, 7) is 3.86. The first kappa shape index (κ1) is 30.4. The number of ether oxygens (including phenoxy) is 3. The molecule has 218 valence electrons. The number of aryl methyl sites for hydroxylation is 1. The molecule has 1 saturated heterocycles. The van der Waals surface area contributed by atoms with Crippen molar-refractivity contribution in [1.82, 2.24) is 5.32 Å². The molecule has 1 fully saturated rings. The van der Waals surface area contributed by atoms with E-state index in [1.807, 2.05) is 13.8 Å². The molecular formula is C30H27Cl2N3O7. The second kappa shape index (κ2) is 13.4. The molecule has 4 rings (SSSR count). The van der Waals surface area contributed by atoms with Crippen LogP contribution in [-0.2, 0) is 14.4 Å². The molecule has 0 spiro atoms. The second-order valence-corrected chi connectivity index (χ2v) is 9.97. The predicted octanol–water partition coefficient (Wildman–Crippen LogP) is 5.78. The van der Waals surface area contributed by atoms with Crippen LogP contribution in [0.25, 0.3) is 6.08 Å². The van der Waals surface area contributed by atoms with Crippen molar-refractivity contribution in [3.63, 3.8) is 0 Å². The van der Waals surface area contributed by atoms with Gasteiger partial charge in [0.1, 0.15) is 11.3 Å². The molecule has 1 heterocycles. The zero-order chi connectivity index (χ0) is 30.4. The third-order valence-electron chi connectivity index (χ3n) is 6.05. The van der Waals surface area contributed by atoms with Crippen molar-refractivity contribution in [1.29, 1.82) is 0 Å². The van der Waals surface area contributed by atoms with Gasteiger partial charge in [-0.15, -0.1) is 0 Å². The third-order valence-corrected chi connectivity index (χ3v) is 6.70. The van der Waals surface area contributed by atoms with Crippen molar-refractivity contribution in [2.24, 2.45) is 0 Å². The molecular weight excluding hydrogens is 585 g/mol. The van der Waals surface area contributed by atoms with Gasteiger partial charge in [0.15, 0.2) is 18.1 Å². The number of imide groups is 2. The largest absolute Gasteiger partial charge is 0.493 e. The maximum atomic E-state index is 13.5. The fourth-order valence-corrected chi connectivity index (χ4v) is 4.31. The van der Waals surface area contributed by atoms with Crippen LogP contribution in [0.1, 0.15) is 24.5 Å². The lowest BCUT2D eigenvalue weighted by Crippen LogP contribution is -2.54. The van der Waals surface area contributed by atoms with Gasteiger partial charge in [0.25, 0.3) is 17.7 Å². The molecule has 0 bridgehead atoms. The minimum absolute atomic E-state index is 0.159. The van der Waals surface area contributed by atoms with Gasteiger partial charge >= 0.3 is 6.03 Å². The smallest absolute Gasteiger partial charge is 0.335 e. The Morgan fingerprint density at radius 3 is 2.45 bits per heavy atom. The number of hydrogen-bond donors (Lipinski definition) is 2. The van der Waals surface area contributed by atoms with Gasteiger partial charge in [-0.3, -0.25) is 19.7 Å². The van der Waals surface area contributed by atoms with E-state index in [9.17, 15) is 19.2 Å². The lowest BCUT2D eigenvalue weighted by molar-refractivity contribution is -0.122. The standard InChI is InChI=1S/C30H27Cl2N3O7/c1-4-11-41-25-10-8-21(15-26(25)40-3)35-29(38)22(28(37)34-30(35)39)13-18-12-19(31)6-9-24(18)42-16-27(36)33-20-7-5-17(2)23(32)14-20/h5-10,12-15H,4,11,16H2,1-3H3,(H,33,36)(H,34,37,39)/b22-13-. The van der Waals surface area contributed by atoms with Gasteiger partial charge in [0.2, 0.25) is 0 Å². The predicted molar refractivity (Wildman–Crippen MR) is 160 cm³/mol. The lowest BCUT2D eigenvalue weighted by atomic mass is 10.1. The Morgan fingerprint density at radius 1 is 0.976 bits per heavy atom. The fraction of sp³-hybridized carbons (Fsp3) is 0.200. The Labute approximate surface area is 252 Å². The molecule has 1 aliphatic heterocycles. The highest BCUT2D eigenvalue weighted by atomic mass is 35.5. The summed E-state index contributed by atoms with van der Waals surface area (Å²) in [5.74, 6) is -1.33. The van der Waals surface area contributed by atoms with Crippen molar-refractivity contribution in [2.75, 3.05) is 30.5 Å². The fourth-order valence-electron chi connectivity index (χ4n) is 3.95. The Morgan fingerprint density at radius 2 is 1.74 bits per heavy atom. The van der Waals surface area contributed by atoms with Crippen molar-refractivity contribution in [3.8, 4) is 17.2 Å². The van der Waals surface area contributed by atoms with Gasteiger partial charge in [-0.1, -0.05) is 36.2 Å². The van der Waals surface area contributed by atoms with E-state index in [-0.39, 0.29) is 34.2 Å². The van der Waals surface area contributed by atoms with E-state index in [0.29, 0.717) is 28.8 Å². The molecule has 3 aromatic rings. The number of carbonyl (C=O) groups is 4. The molecule has 5 amide bonds. The topological polar surface area (TPSA) is 123 Å². The molecule has 0 aromatic heterocycles. The van der Waals surface area contributed by atoms with Crippen LogP contribution in [0.3, 0.4) is 0 Å². The number of barbiturate groups is 1. The first-order valence-electron chi connectivity index (χ1n) is 12.8. The van der Waals surface area contributed by atoms with Crippen molar-refractivity contribution in [2.45, 2.75) is 20.3 Å². The molecule has 1 aliphatic rings. The monoisotopic (exact) mass is 611 g/mol. The Bertz CT molecular complexity index is 1590. The molecule has 3 aromatic carbocycles. The first-order valence-corrected chi connectivity index (χ1v) is 13.6. The summed E-state index contributed by atoms with van der Waals surface area (Å²) in [5, 5.41) is 5.65. The first-order chi connectivity index (χ1) is 20.1. The van der Waals surface area contributed by atoms with E-state index in [2.05, 4.69) is 10.6 Å². The average molecular weight is 612 g/mol.